The Balaban J connectivity index is 2.21. The van der Waals surface area contributed by atoms with E-state index in [9.17, 15) is 4.79 Å². The van der Waals surface area contributed by atoms with E-state index < -0.39 is 0 Å². The van der Waals surface area contributed by atoms with Crippen molar-refractivity contribution in [2.75, 3.05) is 6.61 Å². The fourth-order valence-electron chi connectivity index (χ4n) is 1.85. The van der Waals surface area contributed by atoms with Crippen LogP contribution in [0, 0.1) is 0 Å². The van der Waals surface area contributed by atoms with Gasteiger partial charge in [-0.1, -0.05) is 6.07 Å². The summed E-state index contributed by atoms with van der Waals surface area (Å²) in [7, 11) is 0. The van der Waals surface area contributed by atoms with Gasteiger partial charge in [-0.15, -0.1) is 0 Å². The molecule has 2 aromatic rings. The Kier molecular flexibility index (Phi) is 3.44. The number of H-pyrrole nitrogens is 1. The van der Waals surface area contributed by atoms with Gasteiger partial charge in [-0.05, 0) is 31.5 Å². The summed E-state index contributed by atoms with van der Waals surface area (Å²) in [4.78, 5) is 15.1. The third-order valence-corrected chi connectivity index (χ3v) is 2.78. The quantitative estimate of drug-likeness (QED) is 0.750. The van der Waals surface area contributed by atoms with Crippen LogP contribution in [-0.2, 0) is 0 Å². The average molecular weight is 232 g/mol. The number of nitrogens with one attached hydrogen (secondary N) is 2. The number of hydrogen-bond acceptors (Lipinski definition) is 2. The minimum Gasteiger partial charge on any atom is -0.396 e. The highest BCUT2D eigenvalue weighted by atomic mass is 16.3. The summed E-state index contributed by atoms with van der Waals surface area (Å²) in [6.07, 6.45) is 2.38. The van der Waals surface area contributed by atoms with Crippen molar-refractivity contribution in [1.82, 2.24) is 10.3 Å². The molecule has 90 valence electrons. The number of aliphatic hydroxyl groups is 1. The number of rotatable bonds is 4. The summed E-state index contributed by atoms with van der Waals surface area (Å²) in [6, 6.07) is 7.45. The van der Waals surface area contributed by atoms with Gasteiger partial charge in [0.25, 0.3) is 5.91 Å². The molecule has 1 heterocycles. The smallest absolute Gasteiger partial charge is 0.252 e. The third-order valence-electron chi connectivity index (χ3n) is 2.78. The van der Waals surface area contributed by atoms with E-state index in [4.69, 9.17) is 5.11 Å². The number of hydrogen-bond donors (Lipinski definition) is 3. The van der Waals surface area contributed by atoms with Crippen LogP contribution >= 0.6 is 0 Å². The third kappa shape index (κ3) is 2.47. The molecule has 3 N–H and O–H groups in total. The van der Waals surface area contributed by atoms with Crippen LogP contribution in [0.4, 0.5) is 0 Å². The molecule has 17 heavy (non-hydrogen) atoms. The molecule has 1 aromatic carbocycles. The highest BCUT2D eigenvalue weighted by Crippen LogP contribution is 2.17. The topological polar surface area (TPSA) is 65.1 Å². The van der Waals surface area contributed by atoms with E-state index in [2.05, 4.69) is 10.3 Å². The molecule has 0 aliphatic rings. The molecular formula is C13H16N2O2. The van der Waals surface area contributed by atoms with Crippen molar-refractivity contribution in [2.45, 2.75) is 19.4 Å². The van der Waals surface area contributed by atoms with Gasteiger partial charge >= 0.3 is 0 Å². The van der Waals surface area contributed by atoms with E-state index in [-0.39, 0.29) is 18.6 Å². The Morgan fingerprint density at radius 2 is 2.29 bits per heavy atom. The van der Waals surface area contributed by atoms with Crippen molar-refractivity contribution in [2.24, 2.45) is 0 Å². The maximum Gasteiger partial charge on any atom is 0.252 e. The van der Waals surface area contributed by atoms with Crippen molar-refractivity contribution >= 4 is 16.8 Å². The van der Waals surface area contributed by atoms with Crippen LogP contribution < -0.4 is 5.32 Å². The highest BCUT2D eigenvalue weighted by Gasteiger charge is 2.12. The van der Waals surface area contributed by atoms with Gasteiger partial charge in [0, 0.05) is 35.3 Å². The first kappa shape index (κ1) is 11.7. The minimum atomic E-state index is -0.101. The van der Waals surface area contributed by atoms with Crippen molar-refractivity contribution in [3.05, 3.63) is 36.0 Å². The van der Waals surface area contributed by atoms with Crippen molar-refractivity contribution in [3.8, 4) is 0 Å². The van der Waals surface area contributed by atoms with E-state index in [0.717, 1.165) is 10.9 Å². The predicted octanol–water partition coefficient (Wildman–Crippen LogP) is 1.67. The lowest BCUT2D eigenvalue weighted by molar-refractivity contribution is 0.0936. The number of benzene rings is 1. The zero-order chi connectivity index (χ0) is 12.3. The summed E-state index contributed by atoms with van der Waals surface area (Å²) in [5.41, 5.74) is 1.61. The maximum atomic E-state index is 12.0. The van der Waals surface area contributed by atoms with E-state index in [1.54, 1.807) is 6.07 Å². The maximum absolute atomic E-state index is 12.0. The molecule has 1 amide bonds. The molecule has 1 atom stereocenters. The largest absolute Gasteiger partial charge is 0.396 e. The molecule has 0 fully saturated rings. The number of aliphatic hydroxyl groups excluding tert-OH is 1. The lowest BCUT2D eigenvalue weighted by Crippen LogP contribution is -2.33. The lowest BCUT2D eigenvalue weighted by Gasteiger charge is -2.12. The number of aromatic amines is 1. The summed E-state index contributed by atoms with van der Waals surface area (Å²) in [5, 5.41) is 12.6. The van der Waals surface area contributed by atoms with E-state index in [0.29, 0.717) is 12.0 Å². The van der Waals surface area contributed by atoms with Crippen LogP contribution in [0.15, 0.2) is 30.5 Å². The number of amides is 1. The van der Waals surface area contributed by atoms with Gasteiger partial charge in [-0.2, -0.15) is 0 Å². The fraction of sp³-hybridized carbons (Fsp3) is 0.308. The zero-order valence-electron chi connectivity index (χ0n) is 9.73. The second-order valence-corrected chi connectivity index (χ2v) is 4.13. The fourth-order valence-corrected chi connectivity index (χ4v) is 1.85. The molecule has 0 aliphatic heterocycles. The van der Waals surface area contributed by atoms with Gasteiger partial charge in [-0.3, -0.25) is 4.79 Å². The standard InChI is InChI=1S/C13H16N2O2/c1-9(6-8-16)15-13(17)11-3-2-4-12-10(11)5-7-14-12/h2-5,7,9,14,16H,6,8H2,1H3,(H,15,17)/t9-/m1/s1. The molecule has 0 unspecified atom stereocenters. The van der Waals surface area contributed by atoms with Crippen molar-refractivity contribution < 1.29 is 9.90 Å². The summed E-state index contributed by atoms with van der Waals surface area (Å²) < 4.78 is 0. The van der Waals surface area contributed by atoms with Gasteiger partial charge in [0.15, 0.2) is 0 Å². The van der Waals surface area contributed by atoms with Gasteiger partial charge in [0.1, 0.15) is 0 Å². The normalized spacial score (nSPS) is 12.6. The van der Waals surface area contributed by atoms with Gasteiger partial charge in [0.05, 0.1) is 0 Å². The Morgan fingerprint density at radius 3 is 3.06 bits per heavy atom. The molecule has 1 aromatic heterocycles. The lowest BCUT2D eigenvalue weighted by atomic mass is 10.1. The molecule has 4 nitrogen and oxygen atoms in total. The number of carbonyl (C=O) groups excluding carboxylic acids is 1. The summed E-state index contributed by atoms with van der Waals surface area (Å²) >= 11 is 0. The summed E-state index contributed by atoms with van der Waals surface area (Å²) in [5.74, 6) is -0.101. The number of fused-ring (bicyclic) bond motifs is 1. The van der Waals surface area contributed by atoms with Crippen LogP contribution in [0.5, 0.6) is 0 Å². The molecule has 2 rings (SSSR count). The second kappa shape index (κ2) is 5.01. The monoisotopic (exact) mass is 232 g/mol. The molecule has 0 bridgehead atoms. The van der Waals surface area contributed by atoms with E-state index in [1.807, 2.05) is 31.3 Å². The molecule has 4 heteroatoms. The van der Waals surface area contributed by atoms with Crippen LogP contribution in [0.1, 0.15) is 23.7 Å². The van der Waals surface area contributed by atoms with Crippen LogP contribution in [0.3, 0.4) is 0 Å². The Bertz CT molecular complexity index is 519. The van der Waals surface area contributed by atoms with E-state index in [1.165, 1.54) is 0 Å². The predicted molar refractivity (Wildman–Crippen MR) is 66.9 cm³/mol. The molecule has 0 saturated carbocycles. The first-order valence-electron chi connectivity index (χ1n) is 5.70. The highest BCUT2D eigenvalue weighted by molar-refractivity contribution is 6.06. The Hall–Kier alpha value is -1.81. The Labute approximate surface area is 99.7 Å². The molecule has 0 saturated heterocycles. The van der Waals surface area contributed by atoms with Crippen LogP contribution in [-0.4, -0.2) is 28.6 Å². The molecule has 0 radical (unpaired) electrons. The average Bonchev–Trinajstić information content (AvgIpc) is 2.76. The summed E-state index contributed by atoms with van der Waals surface area (Å²) in [6.45, 7) is 1.96. The second-order valence-electron chi connectivity index (χ2n) is 4.13. The van der Waals surface area contributed by atoms with E-state index >= 15 is 0 Å². The first-order chi connectivity index (χ1) is 8.22. The van der Waals surface area contributed by atoms with Gasteiger partial charge < -0.3 is 15.4 Å². The number of aromatic nitrogens is 1. The zero-order valence-corrected chi connectivity index (χ0v) is 9.73. The first-order valence-corrected chi connectivity index (χ1v) is 5.70. The van der Waals surface area contributed by atoms with Gasteiger partial charge in [0.2, 0.25) is 0 Å². The number of carbonyl (C=O) groups is 1. The molecule has 0 aliphatic carbocycles. The molecular weight excluding hydrogens is 216 g/mol. The van der Waals surface area contributed by atoms with Gasteiger partial charge in [-0.25, -0.2) is 0 Å². The van der Waals surface area contributed by atoms with Crippen LogP contribution in [0.25, 0.3) is 10.9 Å². The van der Waals surface area contributed by atoms with Crippen molar-refractivity contribution in [3.63, 3.8) is 0 Å². The minimum absolute atomic E-state index is 0.0262. The molecule has 0 spiro atoms. The van der Waals surface area contributed by atoms with Crippen LogP contribution in [0.2, 0.25) is 0 Å². The Morgan fingerprint density at radius 1 is 1.47 bits per heavy atom. The SMILES string of the molecule is C[C@H](CCO)NC(=O)c1cccc2[nH]ccc12. The van der Waals surface area contributed by atoms with Crippen molar-refractivity contribution in [1.29, 1.82) is 0 Å².